The standard InChI is InChI=1S/C13H26N2O2/c1-4-15-6-8-17-12(10-15)9-14-13(3)5-7-16-11(13)2/h11-12,14H,4-10H2,1-3H3. The number of nitrogens with one attached hydrogen (secondary N) is 1. The summed E-state index contributed by atoms with van der Waals surface area (Å²) in [7, 11) is 0. The van der Waals surface area contributed by atoms with Crippen molar-refractivity contribution < 1.29 is 9.47 Å². The molecule has 2 aliphatic rings. The fourth-order valence-electron chi connectivity index (χ4n) is 2.61. The lowest BCUT2D eigenvalue weighted by Gasteiger charge is -2.35. The summed E-state index contributed by atoms with van der Waals surface area (Å²) in [6.45, 7) is 12.5. The van der Waals surface area contributed by atoms with Crippen LogP contribution >= 0.6 is 0 Å². The lowest BCUT2D eigenvalue weighted by atomic mass is 9.94. The Bertz CT molecular complexity index is 250. The molecule has 0 amide bonds. The van der Waals surface area contributed by atoms with Crippen molar-refractivity contribution in [3.05, 3.63) is 0 Å². The zero-order chi connectivity index (χ0) is 12.3. The van der Waals surface area contributed by atoms with Crippen molar-refractivity contribution in [1.82, 2.24) is 10.2 Å². The molecule has 2 saturated heterocycles. The highest BCUT2D eigenvalue weighted by Crippen LogP contribution is 2.25. The molecule has 2 aliphatic heterocycles. The van der Waals surface area contributed by atoms with Crippen molar-refractivity contribution in [3.8, 4) is 0 Å². The van der Waals surface area contributed by atoms with Crippen LogP contribution in [0.15, 0.2) is 0 Å². The first kappa shape index (κ1) is 13.3. The molecule has 3 unspecified atom stereocenters. The third kappa shape index (κ3) is 3.19. The van der Waals surface area contributed by atoms with Crippen LogP contribution < -0.4 is 5.32 Å². The van der Waals surface area contributed by atoms with Gasteiger partial charge in [0.25, 0.3) is 0 Å². The first-order chi connectivity index (χ1) is 8.14. The Kier molecular flexibility index (Phi) is 4.42. The predicted octanol–water partition coefficient (Wildman–Crippen LogP) is 0.864. The number of ether oxygens (including phenoxy) is 2. The van der Waals surface area contributed by atoms with Gasteiger partial charge in [-0.3, -0.25) is 4.90 Å². The molecule has 0 spiro atoms. The summed E-state index contributed by atoms with van der Waals surface area (Å²) in [4.78, 5) is 2.45. The van der Waals surface area contributed by atoms with Gasteiger partial charge in [-0.05, 0) is 26.8 Å². The average molecular weight is 242 g/mol. The fourth-order valence-corrected chi connectivity index (χ4v) is 2.61. The predicted molar refractivity (Wildman–Crippen MR) is 68.3 cm³/mol. The smallest absolute Gasteiger partial charge is 0.0826 e. The second kappa shape index (κ2) is 5.65. The quantitative estimate of drug-likeness (QED) is 0.793. The van der Waals surface area contributed by atoms with Crippen molar-refractivity contribution in [1.29, 1.82) is 0 Å². The topological polar surface area (TPSA) is 33.7 Å². The number of nitrogens with zero attached hydrogens (tertiary/aromatic N) is 1. The number of likely N-dealkylation sites (N-methyl/N-ethyl adjacent to an activating group) is 1. The van der Waals surface area contributed by atoms with Crippen molar-refractivity contribution in [2.75, 3.05) is 39.4 Å². The molecule has 0 aromatic heterocycles. The largest absolute Gasteiger partial charge is 0.377 e. The molecular weight excluding hydrogens is 216 g/mol. The number of hydrogen-bond acceptors (Lipinski definition) is 4. The molecule has 2 fully saturated rings. The highest BCUT2D eigenvalue weighted by Gasteiger charge is 2.37. The molecule has 100 valence electrons. The third-order valence-electron chi connectivity index (χ3n) is 4.29. The molecule has 0 radical (unpaired) electrons. The van der Waals surface area contributed by atoms with Crippen LogP contribution in [0.2, 0.25) is 0 Å². The molecule has 0 saturated carbocycles. The van der Waals surface area contributed by atoms with Crippen LogP contribution in [0.3, 0.4) is 0 Å². The molecule has 0 aromatic carbocycles. The summed E-state index contributed by atoms with van der Waals surface area (Å²) < 4.78 is 11.4. The van der Waals surface area contributed by atoms with Gasteiger partial charge in [0.05, 0.1) is 18.8 Å². The van der Waals surface area contributed by atoms with Gasteiger partial charge in [-0.2, -0.15) is 0 Å². The molecule has 4 nitrogen and oxygen atoms in total. The van der Waals surface area contributed by atoms with Gasteiger partial charge in [-0.15, -0.1) is 0 Å². The van der Waals surface area contributed by atoms with Gasteiger partial charge >= 0.3 is 0 Å². The summed E-state index contributed by atoms with van der Waals surface area (Å²) >= 11 is 0. The molecule has 2 rings (SSSR count). The first-order valence-corrected chi connectivity index (χ1v) is 6.84. The first-order valence-electron chi connectivity index (χ1n) is 6.84. The van der Waals surface area contributed by atoms with Crippen molar-refractivity contribution >= 4 is 0 Å². The van der Waals surface area contributed by atoms with Gasteiger partial charge < -0.3 is 14.8 Å². The molecule has 0 aliphatic carbocycles. The minimum atomic E-state index is 0.123. The summed E-state index contributed by atoms with van der Waals surface area (Å²) in [6.07, 6.45) is 1.72. The lowest BCUT2D eigenvalue weighted by molar-refractivity contribution is -0.0302. The van der Waals surface area contributed by atoms with Gasteiger partial charge in [0, 0.05) is 31.8 Å². The molecule has 17 heavy (non-hydrogen) atoms. The van der Waals surface area contributed by atoms with E-state index in [0.29, 0.717) is 12.2 Å². The second-order valence-corrected chi connectivity index (χ2v) is 5.45. The van der Waals surface area contributed by atoms with Crippen LogP contribution in [-0.2, 0) is 9.47 Å². The van der Waals surface area contributed by atoms with E-state index in [9.17, 15) is 0 Å². The molecular formula is C13H26N2O2. The third-order valence-corrected chi connectivity index (χ3v) is 4.29. The maximum Gasteiger partial charge on any atom is 0.0826 e. The van der Waals surface area contributed by atoms with Gasteiger partial charge in [0.2, 0.25) is 0 Å². The molecule has 4 heteroatoms. The van der Waals surface area contributed by atoms with Gasteiger partial charge in [0.15, 0.2) is 0 Å². The Morgan fingerprint density at radius 1 is 1.35 bits per heavy atom. The van der Waals surface area contributed by atoms with Crippen LogP contribution in [-0.4, -0.2) is 62.0 Å². The lowest BCUT2D eigenvalue weighted by Crippen LogP contribution is -2.54. The minimum absolute atomic E-state index is 0.123. The monoisotopic (exact) mass is 242 g/mol. The molecule has 1 N–H and O–H groups in total. The van der Waals surface area contributed by atoms with Crippen LogP contribution in [0.25, 0.3) is 0 Å². The van der Waals surface area contributed by atoms with Gasteiger partial charge in [0.1, 0.15) is 0 Å². The van der Waals surface area contributed by atoms with Crippen LogP contribution in [0.5, 0.6) is 0 Å². The Morgan fingerprint density at radius 2 is 2.18 bits per heavy atom. The maximum atomic E-state index is 5.81. The number of morpholine rings is 1. The number of hydrogen-bond donors (Lipinski definition) is 1. The van der Waals surface area contributed by atoms with E-state index < -0.39 is 0 Å². The second-order valence-electron chi connectivity index (χ2n) is 5.45. The fraction of sp³-hybridized carbons (Fsp3) is 1.00. The van der Waals surface area contributed by atoms with E-state index in [0.717, 1.165) is 45.8 Å². The maximum absolute atomic E-state index is 5.81. The van der Waals surface area contributed by atoms with E-state index in [-0.39, 0.29) is 5.54 Å². The summed E-state index contributed by atoms with van der Waals surface area (Å²) in [5.74, 6) is 0. The summed E-state index contributed by atoms with van der Waals surface area (Å²) in [5, 5.41) is 3.65. The SMILES string of the molecule is CCN1CCOC(CNC2(C)CCOC2C)C1. The van der Waals surface area contributed by atoms with Crippen molar-refractivity contribution in [2.24, 2.45) is 0 Å². The van der Waals surface area contributed by atoms with Crippen LogP contribution in [0, 0.1) is 0 Å². The van der Waals surface area contributed by atoms with Crippen LogP contribution in [0.4, 0.5) is 0 Å². The Balaban J connectivity index is 1.77. The van der Waals surface area contributed by atoms with Crippen molar-refractivity contribution in [3.63, 3.8) is 0 Å². The van der Waals surface area contributed by atoms with Crippen molar-refractivity contribution in [2.45, 2.75) is 44.9 Å². The zero-order valence-corrected chi connectivity index (χ0v) is 11.4. The molecule has 2 heterocycles. The highest BCUT2D eigenvalue weighted by atomic mass is 16.5. The average Bonchev–Trinajstić information content (AvgIpc) is 2.68. The Morgan fingerprint density at radius 3 is 2.82 bits per heavy atom. The van der Waals surface area contributed by atoms with Crippen LogP contribution in [0.1, 0.15) is 27.2 Å². The molecule has 3 atom stereocenters. The normalized spacial score (nSPS) is 39.7. The zero-order valence-electron chi connectivity index (χ0n) is 11.4. The molecule has 0 aromatic rings. The number of rotatable bonds is 4. The van der Waals surface area contributed by atoms with Gasteiger partial charge in [-0.25, -0.2) is 0 Å². The van der Waals surface area contributed by atoms with E-state index >= 15 is 0 Å². The Labute approximate surface area is 105 Å². The minimum Gasteiger partial charge on any atom is -0.377 e. The molecule has 0 bridgehead atoms. The van der Waals surface area contributed by atoms with E-state index in [2.05, 4.69) is 31.0 Å². The summed E-state index contributed by atoms with van der Waals surface area (Å²) in [6, 6.07) is 0. The van der Waals surface area contributed by atoms with E-state index in [1.165, 1.54) is 0 Å². The highest BCUT2D eigenvalue weighted by molar-refractivity contribution is 4.94. The van der Waals surface area contributed by atoms with E-state index in [4.69, 9.17) is 9.47 Å². The van der Waals surface area contributed by atoms with E-state index in [1.807, 2.05) is 0 Å². The Hall–Kier alpha value is -0.160. The van der Waals surface area contributed by atoms with E-state index in [1.54, 1.807) is 0 Å². The summed E-state index contributed by atoms with van der Waals surface area (Å²) in [5.41, 5.74) is 0.123. The van der Waals surface area contributed by atoms with Gasteiger partial charge in [-0.1, -0.05) is 6.92 Å².